The third kappa shape index (κ3) is 4.84. The third-order valence-electron chi connectivity index (χ3n) is 6.39. The molecule has 0 saturated carbocycles. The number of fused-ring (bicyclic) bond motifs is 4. The second-order valence-corrected chi connectivity index (χ2v) is 9.70. The molecule has 11 nitrogen and oxygen atoms in total. The van der Waals surface area contributed by atoms with Gasteiger partial charge in [0.2, 0.25) is 11.8 Å². The average Bonchev–Trinajstić information content (AvgIpc) is 3.45. The number of aliphatic hydroxyl groups excluding tert-OH is 1. The number of ether oxygens (including phenoxy) is 2. The predicted octanol–water partition coefficient (Wildman–Crippen LogP) is 3.03. The number of aliphatic hydroxyl groups is 1. The molecule has 0 aromatic carbocycles. The molecule has 0 radical (unpaired) electrons. The van der Waals surface area contributed by atoms with Crippen LogP contribution in [0.4, 0.5) is 0 Å². The van der Waals surface area contributed by atoms with E-state index in [1.807, 2.05) is 57.8 Å². The van der Waals surface area contributed by atoms with E-state index < -0.39 is 6.10 Å². The summed E-state index contributed by atoms with van der Waals surface area (Å²) in [7, 11) is 3.93. The molecule has 0 aliphatic carbocycles. The number of aromatic nitrogens is 7. The maximum absolute atomic E-state index is 10.2. The summed E-state index contributed by atoms with van der Waals surface area (Å²) in [5.41, 5.74) is 5.92. The normalized spacial score (nSPS) is 18.1. The number of likely N-dealkylation sites (N-methyl/N-ethyl adjacent to an activating group) is 1. The van der Waals surface area contributed by atoms with Crippen LogP contribution in [0.25, 0.3) is 34.3 Å². The Morgan fingerprint density at radius 3 is 2.84 bits per heavy atom. The first-order chi connectivity index (χ1) is 17.7. The molecule has 0 fully saturated rings. The van der Waals surface area contributed by atoms with Crippen molar-refractivity contribution in [1.82, 2.24) is 39.6 Å². The van der Waals surface area contributed by atoms with E-state index in [1.165, 1.54) is 0 Å². The smallest absolute Gasteiger partial charge is 0.240 e. The van der Waals surface area contributed by atoms with Gasteiger partial charge in [0.1, 0.15) is 6.10 Å². The molecule has 0 saturated heterocycles. The number of H-pyrrole nitrogens is 1. The molecule has 37 heavy (non-hydrogen) atoms. The van der Waals surface area contributed by atoms with Gasteiger partial charge in [-0.15, -0.1) is 5.10 Å². The van der Waals surface area contributed by atoms with Crippen molar-refractivity contribution in [3.8, 4) is 23.0 Å². The number of aryl methyl sites for hydroxylation is 2. The summed E-state index contributed by atoms with van der Waals surface area (Å²) in [6.45, 7) is 9.80. The van der Waals surface area contributed by atoms with Crippen molar-refractivity contribution in [2.75, 3.05) is 20.2 Å². The highest BCUT2D eigenvalue weighted by molar-refractivity contribution is 5.92. The Hall–Kier alpha value is -3.70. The van der Waals surface area contributed by atoms with Gasteiger partial charge in [0.25, 0.3) is 0 Å². The van der Waals surface area contributed by atoms with Crippen LogP contribution in [0.2, 0.25) is 0 Å². The van der Waals surface area contributed by atoms with Gasteiger partial charge in [-0.3, -0.25) is 19.7 Å². The van der Waals surface area contributed by atoms with Crippen LogP contribution in [0.1, 0.15) is 43.4 Å². The first-order valence-corrected chi connectivity index (χ1v) is 12.6. The number of hydrogen-bond acceptors (Lipinski definition) is 8. The zero-order chi connectivity index (χ0) is 26.3. The van der Waals surface area contributed by atoms with Crippen molar-refractivity contribution in [2.45, 2.75) is 53.0 Å². The predicted molar refractivity (Wildman–Crippen MR) is 141 cm³/mol. The number of pyridine rings is 1. The van der Waals surface area contributed by atoms with Crippen molar-refractivity contribution < 1.29 is 14.6 Å². The summed E-state index contributed by atoms with van der Waals surface area (Å²) in [4.78, 5) is 6.88. The van der Waals surface area contributed by atoms with Crippen molar-refractivity contribution in [2.24, 2.45) is 7.05 Å². The van der Waals surface area contributed by atoms with Crippen LogP contribution >= 0.6 is 0 Å². The zero-order valence-corrected chi connectivity index (χ0v) is 22.2. The van der Waals surface area contributed by atoms with Crippen LogP contribution in [0.15, 0.2) is 12.3 Å². The summed E-state index contributed by atoms with van der Waals surface area (Å²) in [6.07, 6.45) is 5.07. The number of rotatable bonds is 4. The van der Waals surface area contributed by atoms with Gasteiger partial charge in [0, 0.05) is 25.5 Å². The maximum atomic E-state index is 10.2. The van der Waals surface area contributed by atoms with Gasteiger partial charge in [-0.1, -0.05) is 0 Å². The van der Waals surface area contributed by atoms with Crippen LogP contribution in [0, 0.1) is 6.92 Å². The van der Waals surface area contributed by atoms with E-state index in [0.717, 1.165) is 44.8 Å². The summed E-state index contributed by atoms with van der Waals surface area (Å²) >= 11 is 0. The molecule has 4 aromatic rings. The molecule has 2 atom stereocenters. The lowest BCUT2D eigenvalue weighted by Gasteiger charge is -2.23. The van der Waals surface area contributed by atoms with Crippen molar-refractivity contribution in [1.29, 1.82) is 0 Å². The quantitative estimate of drug-likeness (QED) is 0.434. The third-order valence-corrected chi connectivity index (χ3v) is 6.39. The molecule has 5 heterocycles. The van der Waals surface area contributed by atoms with E-state index in [4.69, 9.17) is 19.6 Å². The second kappa shape index (κ2) is 9.98. The molecule has 11 heteroatoms. The molecule has 2 unspecified atom stereocenters. The molecule has 0 spiro atoms. The van der Waals surface area contributed by atoms with E-state index in [2.05, 4.69) is 20.2 Å². The van der Waals surface area contributed by atoms with Gasteiger partial charge < -0.3 is 14.6 Å². The lowest BCUT2D eigenvalue weighted by molar-refractivity contribution is 0.142. The lowest BCUT2D eigenvalue weighted by Crippen LogP contribution is -2.32. The van der Waals surface area contributed by atoms with Crippen LogP contribution in [-0.2, 0) is 20.1 Å². The highest BCUT2D eigenvalue weighted by atomic mass is 16.5. The molecule has 1 aliphatic rings. The first-order valence-electron chi connectivity index (χ1n) is 12.6. The zero-order valence-electron chi connectivity index (χ0n) is 22.2. The van der Waals surface area contributed by atoms with Gasteiger partial charge >= 0.3 is 0 Å². The van der Waals surface area contributed by atoms with E-state index >= 15 is 0 Å². The van der Waals surface area contributed by atoms with E-state index in [-0.39, 0.29) is 6.10 Å². The van der Waals surface area contributed by atoms with Crippen molar-refractivity contribution in [3.05, 3.63) is 34.9 Å². The van der Waals surface area contributed by atoms with Crippen molar-refractivity contribution >= 4 is 23.1 Å². The minimum absolute atomic E-state index is 0.129. The first kappa shape index (κ1) is 25.0. The number of hydrogen-bond donors (Lipinski definition) is 2. The molecule has 4 aromatic heterocycles. The van der Waals surface area contributed by atoms with Crippen LogP contribution < -0.4 is 9.47 Å². The number of nitrogens with zero attached hydrogens (tertiary/aromatic N) is 7. The molecule has 0 amide bonds. The number of nitrogens with one attached hydrogen (secondary N) is 1. The molecule has 5 rings (SSSR count). The minimum atomic E-state index is -0.556. The Labute approximate surface area is 215 Å². The average molecular weight is 507 g/mol. The van der Waals surface area contributed by atoms with Gasteiger partial charge in [0.05, 0.1) is 64.9 Å². The fourth-order valence-electron chi connectivity index (χ4n) is 4.88. The molecule has 2 N–H and O–H groups in total. The summed E-state index contributed by atoms with van der Waals surface area (Å²) < 4.78 is 16.0. The standard InChI is InChI=1S/C26H34N8O3/c1-7-36-25-18-8-9-20-19-10-21(27-11-22(19)29-28-20)24-17(4)30-33(6)26(24)37-16(3)13-32(5)14-23(18)34(31-25)12-15(2)35/h8-11,15-16,35H,7,12-14H2,1-6H3,(H,28,29)/b9-8+. The van der Waals surface area contributed by atoms with Gasteiger partial charge in [0.15, 0.2) is 0 Å². The summed E-state index contributed by atoms with van der Waals surface area (Å²) in [5.74, 6) is 1.21. The van der Waals surface area contributed by atoms with Crippen LogP contribution in [0.3, 0.4) is 0 Å². The molecule has 196 valence electrons. The van der Waals surface area contributed by atoms with E-state index in [0.29, 0.717) is 38.0 Å². The van der Waals surface area contributed by atoms with Crippen LogP contribution in [-0.4, -0.2) is 77.2 Å². The second-order valence-electron chi connectivity index (χ2n) is 9.70. The van der Waals surface area contributed by atoms with Crippen molar-refractivity contribution in [3.63, 3.8) is 0 Å². The largest absolute Gasteiger partial charge is 0.476 e. The monoisotopic (exact) mass is 506 g/mol. The Bertz CT molecular complexity index is 1450. The van der Waals surface area contributed by atoms with Gasteiger partial charge in [-0.05, 0) is 53.0 Å². The Morgan fingerprint density at radius 1 is 1.27 bits per heavy atom. The Kier molecular flexibility index (Phi) is 6.74. The molecular weight excluding hydrogens is 472 g/mol. The highest BCUT2D eigenvalue weighted by Gasteiger charge is 2.24. The van der Waals surface area contributed by atoms with E-state index in [1.54, 1.807) is 17.8 Å². The summed E-state index contributed by atoms with van der Waals surface area (Å²) in [6, 6.07) is 2.02. The lowest BCUT2D eigenvalue weighted by atomic mass is 10.1. The topological polar surface area (TPSA) is 119 Å². The molecule has 1 aliphatic heterocycles. The fraction of sp³-hybridized carbons (Fsp3) is 0.462. The van der Waals surface area contributed by atoms with Gasteiger partial charge in [-0.25, -0.2) is 4.68 Å². The van der Waals surface area contributed by atoms with Gasteiger partial charge in [-0.2, -0.15) is 10.2 Å². The highest BCUT2D eigenvalue weighted by Crippen LogP contribution is 2.35. The fourth-order valence-corrected chi connectivity index (χ4v) is 4.88. The molecular formula is C26H34N8O3. The minimum Gasteiger partial charge on any atom is -0.476 e. The SMILES string of the molecule is CCOc1nn(CC(C)O)c2c1/C=C/c1n[nH]c3cnc(cc13)-c1c(C)nn(C)c1OC(C)CN(C)C2. The Morgan fingerprint density at radius 2 is 2.08 bits per heavy atom. The van der Waals surface area contributed by atoms with Crippen LogP contribution in [0.5, 0.6) is 11.8 Å². The summed E-state index contributed by atoms with van der Waals surface area (Å²) in [5, 5.41) is 28.0. The Balaban J connectivity index is 1.70. The van der Waals surface area contributed by atoms with E-state index in [9.17, 15) is 5.11 Å². The maximum Gasteiger partial charge on any atom is 0.240 e. The number of aromatic amines is 1. The molecule has 2 bridgehead atoms.